The van der Waals surface area contributed by atoms with Gasteiger partial charge >= 0.3 is 0 Å². The van der Waals surface area contributed by atoms with Gasteiger partial charge < -0.3 is 0 Å². The molecule has 0 N–H and O–H groups in total. The van der Waals surface area contributed by atoms with Crippen LogP contribution in [0.1, 0.15) is 47.0 Å². The average molecular weight is 192 g/mol. The lowest BCUT2D eigenvalue weighted by Crippen LogP contribution is -2.31. The van der Waals surface area contributed by atoms with E-state index in [2.05, 4.69) is 40.3 Å². The maximum atomic E-state index is 3.94. The molecule has 0 aromatic heterocycles. The third kappa shape index (κ3) is 3.01. The molecular weight excluding hydrogens is 168 g/mol. The van der Waals surface area contributed by atoms with E-state index in [1.165, 1.54) is 18.4 Å². The topological polar surface area (TPSA) is 0 Å². The molecule has 14 heavy (non-hydrogen) atoms. The van der Waals surface area contributed by atoms with Gasteiger partial charge in [-0.25, -0.2) is 0 Å². The van der Waals surface area contributed by atoms with Crippen LogP contribution >= 0.6 is 0 Å². The summed E-state index contributed by atoms with van der Waals surface area (Å²) in [5.41, 5.74) is 2.85. The monoisotopic (exact) mass is 192 g/mol. The highest BCUT2D eigenvalue weighted by Crippen LogP contribution is 2.41. The van der Waals surface area contributed by atoms with E-state index in [1.807, 2.05) is 0 Å². The molecule has 0 nitrogen and oxygen atoms in total. The third-order valence-corrected chi connectivity index (χ3v) is 3.66. The molecule has 0 heteroatoms. The SMILES string of the molecule is C=C(C)CCC(C)=CC1CC(C)C1C. The first-order chi connectivity index (χ1) is 6.50. The summed E-state index contributed by atoms with van der Waals surface area (Å²) in [7, 11) is 0. The highest BCUT2D eigenvalue weighted by molar-refractivity contribution is 5.08. The molecule has 0 heterocycles. The summed E-state index contributed by atoms with van der Waals surface area (Å²) in [6, 6.07) is 0. The van der Waals surface area contributed by atoms with E-state index < -0.39 is 0 Å². The van der Waals surface area contributed by atoms with Crippen molar-refractivity contribution in [2.24, 2.45) is 17.8 Å². The lowest BCUT2D eigenvalue weighted by molar-refractivity contribution is 0.144. The quantitative estimate of drug-likeness (QED) is 0.572. The molecule has 0 aromatic rings. The number of hydrogen-bond donors (Lipinski definition) is 0. The zero-order chi connectivity index (χ0) is 10.7. The van der Waals surface area contributed by atoms with Crippen LogP contribution in [0.5, 0.6) is 0 Å². The van der Waals surface area contributed by atoms with Gasteiger partial charge in [0.2, 0.25) is 0 Å². The normalized spacial score (nSPS) is 32.6. The van der Waals surface area contributed by atoms with Crippen molar-refractivity contribution < 1.29 is 0 Å². The second-order valence-electron chi connectivity index (χ2n) is 5.21. The molecule has 80 valence electrons. The number of hydrogen-bond acceptors (Lipinski definition) is 0. The van der Waals surface area contributed by atoms with Crippen LogP contribution in [0.15, 0.2) is 23.8 Å². The second-order valence-corrected chi connectivity index (χ2v) is 5.21. The highest BCUT2D eigenvalue weighted by Gasteiger charge is 2.32. The average Bonchev–Trinajstić information content (AvgIpc) is 2.14. The summed E-state index contributed by atoms with van der Waals surface area (Å²) in [5, 5.41) is 0. The van der Waals surface area contributed by atoms with Crippen LogP contribution in [-0.2, 0) is 0 Å². The molecule has 1 fully saturated rings. The molecule has 0 amide bonds. The van der Waals surface area contributed by atoms with E-state index in [4.69, 9.17) is 0 Å². The Morgan fingerprint density at radius 2 is 1.93 bits per heavy atom. The van der Waals surface area contributed by atoms with Crippen LogP contribution in [0.3, 0.4) is 0 Å². The molecule has 0 aromatic carbocycles. The Labute approximate surface area is 89.1 Å². The van der Waals surface area contributed by atoms with Crippen LogP contribution in [0.25, 0.3) is 0 Å². The molecular formula is C14H24. The van der Waals surface area contributed by atoms with Crippen LogP contribution < -0.4 is 0 Å². The first-order valence-electron chi connectivity index (χ1n) is 5.82. The zero-order valence-electron chi connectivity index (χ0n) is 10.1. The molecule has 3 unspecified atom stereocenters. The summed E-state index contributed by atoms with van der Waals surface area (Å²) in [6.45, 7) is 13.1. The van der Waals surface area contributed by atoms with Gasteiger partial charge in [-0.1, -0.05) is 31.1 Å². The maximum absolute atomic E-state index is 3.94. The Morgan fingerprint density at radius 1 is 1.29 bits per heavy atom. The summed E-state index contributed by atoms with van der Waals surface area (Å²) in [6.07, 6.45) is 6.24. The van der Waals surface area contributed by atoms with Crippen molar-refractivity contribution in [1.29, 1.82) is 0 Å². The fourth-order valence-corrected chi connectivity index (χ4v) is 2.16. The molecule has 0 spiro atoms. The van der Waals surface area contributed by atoms with Crippen molar-refractivity contribution in [3.8, 4) is 0 Å². The molecule has 1 rings (SSSR count). The molecule has 0 saturated heterocycles. The molecule has 0 bridgehead atoms. The lowest BCUT2D eigenvalue weighted by atomic mass is 9.66. The van der Waals surface area contributed by atoms with Crippen LogP contribution in [0, 0.1) is 17.8 Å². The van der Waals surface area contributed by atoms with Crippen molar-refractivity contribution >= 4 is 0 Å². The third-order valence-electron chi connectivity index (χ3n) is 3.66. The van der Waals surface area contributed by atoms with Crippen molar-refractivity contribution in [3.05, 3.63) is 23.8 Å². The molecule has 0 aliphatic heterocycles. The fourth-order valence-electron chi connectivity index (χ4n) is 2.16. The maximum Gasteiger partial charge on any atom is -0.0200 e. The minimum Gasteiger partial charge on any atom is -0.100 e. The van der Waals surface area contributed by atoms with E-state index in [0.717, 1.165) is 24.2 Å². The zero-order valence-corrected chi connectivity index (χ0v) is 10.1. The van der Waals surface area contributed by atoms with E-state index in [0.29, 0.717) is 0 Å². The van der Waals surface area contributed by atoms with Crippen molar-refractivity contribution in [2.45, 2.75) is 47.0 Å². The van der Waals surface area contributed by atoms with Gasteiger partial charge in [0.05, 0.1) is 0 Å². The van der Waals surface area contributed by atoms with Gasteiger partial charge in [-0.2, -0.15) is 0 Å². The minimum atomic E-state index is 0.857. The van der Waals surface area contributed by atoms with Gasteiger partial charge in [0.25, 0.3) is 0 Å². The molecule has 1 aliphatic rings. The van der Waals surface area contributed by atoms with Gasteiger partial charge in [-0.05, 0) is 50.9 Å². The summed E-state index contributed by atoms with van der Waals surface area (Å²) >= 11 is 0. The van der Waals surface area contributed by atoms with Gasteiger partial charge in [-0.3, -0.25) is 0 Å². The Hall–Kier alpha value is -0.520. The lowest BCUT2D eigenvalue weighted by Gasteiger charge is -2.39. The number of rotatable bonds is 4. The Kier molecular flexibility index (Phi) is 3.97. The van der Waals surface area contributed by atoms with Gasteiger partial charge in [0.1, 0.15) is 0 Å². The molecule has 1 aliphatic carbocycles. The van der Waals surface area contributed by atoms with Gasteiger partial charge in [-0.15, -0.1) is 6.58 Å². The Morgan fingerprint density at radius 3 is 2.36 bits per heavy atom. The molecule has 3 atom stereocenters. The summed E-state index contributed by atoms with van der Waals surface area (Å²) in [4.78, 5) is 0. The van der Waals surface area contributed by atoms with Crippen molar-refractivity contribution in [3.63, 3.8) is 0 Å². The van der Waals surface area contributed by atoms with E-state index in [-0.39, 0.29) is 0 Å². The Balaban J connectivity index is 2.33. The van der Waals surface area contributed by atoms with Gasteiger partial charge in [0, 0.05) is 0 Å². The first-order valence-corrected chi connectivity index (χ1v) is 5.82. The highest BCUT2D eigenvalue weighted by atomic mass is 14.4. The van der Waals surface area contributed by atoms with Crippen molar-refractivity contribution in [1.82, 2.24) is 0 Å². The van der Waals surface area contributed by atoms with Crippen LogP contribution in [0.4, 0.5) is 0 Å². The van der Waals surface area contributed by atoms with Crippen molar-refractivity contribution in [2.75, 3.05) is 0 Å². The predicted molar refractivity (Wildman–Crippen MR) is 64.2 cm³/mol. The first kappa shape index (κ1) is 11.6. The molecule has 1 saturated carbocycles. The van der Waals surface area contributed by atoms with E-state index >= 15 is 0 Å². The van der Waals surface area contributed by atoms with E-state index in [1.54, 1.807) is 5.57 Å². The van der Waals surface area contributed by atoms with Crippen LogP contribution in [-0.4, -0.2) is 0 Å². The number of allylic oxidation sites excluding steroid dienone is 3. The minimum absolute atomic E-state index is 0.857. The van der Waals surface area contributed by atoms with Crippen LogP contribution in [0.2, 0.25) is 0 Å². The summed E-state index contributed by atoms with van der Waals surface area (Å²) < 4.78 is 0. The predicted octanol–water partition coefficient (Wildman–Crippen LogP) is 4.58. The molecule has 0 radical (unpaired) electrons. The van der Waals surface area contributed by atoms with E-state index in [9.17, 15) is 0 Å². The standard InChI is InChI=1S/C14H24/c1-10(2)6-7-11(3)8-14-9-12(4)13(14)5/h8,12-14H,1,6-7,9H2,2-5H3. The smallest absolute Gasteiger partial charge is 0.0200 e. The largest absolute Gasteiger partial charge is 0.100 e. The second kappa shape index (κ2) is 4.82. The van der Waals surface area contributed by atoms with Gasteiger partial charge in [0.15, 0.2) is 0 Å². The Bertz CT molecular complexity index is 234. The fraction of sp³-hybridized carbons (Fsp3) is 0.714. The summed E-state index contributed by atoms with van der Waals surface area (Å²) in [5.74, 6) is 2.69.